The molecule has 82 valence electrons. The van der Waals surface area contributed by atoms with Crippen LogP contribution in [0.25, 0.3) is 0 Å². The molecule has 6 heteroatoms. The number of furan rings is 1. The van der Waals surface area contributed by atoms with Crippen LogP contribution in [0.2, 0.25) is 0 Å². The summed E-state index contributed by atoms with van der Waals surface area (Å²) in [4.78, 5) is 21.0. The molecule has 0 bridgehead atoms. The summed E-state index contributed by atoms with van der Waals surface area (Å²) in [6.07, 6.45) is 0.786. The summed E-state index contributed by atoms with van der Waals surface area (Å²) < 4.78 is 4.74. The molecule has 0 saturated heterocycles. The summed E-state index contributed by atoms with van der Waals surface area (Å²) in [7, 11) is 0. The van der Waals surface area contributed by atoms with Crippen LogP contribution in [0.1, 0.15) is 30.8 Å². The molecule has 0 aromatic carbocycles. The smallest absolute Gasteiger partial charge is 0.395 e. The maximum Gasteiger partial charge on any atom is 0.433 e. The highest BCUT2D eigenvalue weighted by Gasteiger charge is 2.17. The van der Waals surface area contributed by atoms with E-state index in [0.29, 0.717) is 0 Å². The quantitative estimate of drug-likeness (QED) is 0.608. The molecule has 1 unspecified atom stereocenters. The maximum absolute atomic E-state index is 11.4. The summed E-state index contributed by atoms with van der Waals surface area (Å²) in [6, 6.07) is 2.46. The first-order chi connectivity index (χ1) is 7.04. The molecule has 1 amide bonds. The fourth-order valence-electron chi connectivity index (χ4n) is 0.945. The minimum atomic E-state index is -0.681. The fourth-order valence-corrected chi connectivity index (χ4v) is 0.945. The summed E-state index contributed by atoms with van der Waals surface area (Å²) in [5, 5.41) is 12.9. The van der Waals surface area contributed by atoms with Crippen LogP contribution < -0.4 is 5.32 Å². The Morgan fingerprint density at radius 3 is 2.80 bits per heavy atom. The number of nitrogens with one attached hydrogen (secondary N) is 1. The van der Waals surface area contributed by atoms with Gasteiger partial charge in [-0.05, 0) is 19.4 Å². The van der Waals surface area contributed by atoms with Crippen LogP contribution in [-0.4, -0.2) is 16.9 Å². The van der Waals surface area contributed by atoms with Crippen LogP contribution in [0.5, 0.6) is 0 Å². The standard InChI is InChI=1S/C9H12N2O4/c1-3-6(2)10-9(12)7-4-5-8(15-7)11(13)14/h4-6H,3H2,1-2H3,(H,10,12). The van der Waals surface area contributed by atoms with Crippen LogP contribution in [0.4, 0.5) is 5.88 Å². The first kappa shape index (κ1) is 11.2. The number of nitro groups is 1. The maximum atomic E-state index is 11.4. The third-order valence-electron chi connectivity index (χ3n) is 1.99. The zero-order valence-electron chi connectivity index (χ0n) is 8.52. The predicted octanol–water partition coefficient (Wildman–Crippen LogP) is 1.72. The lowest BCUT2D eigenvalue weighted by molar-refractivity contribution is -0.402. The molecule has 1 atom stereocenters. The third-order valence-corrected chi connectivity index (χ3v) is 1.99. The van der Waals surface area contributed by atoms with Gasteiger partial charge in [0.1, 0.15) is 4.92 Å². The van der Waals surface area contributed by atoms with Crippen molar-refractivity contribution in [1.82, 2.24) is 5.32 Å². The lowest BCUT2D eigenvalue weighted by Crippen LogP contribution is -2.31. The van der Waals surface area contributed by atoms with Crippen LogP contribution in [0, 0.1) is 10.1 Å². The molecule has 0 fully saturated rings. The van der Waals surface area contributed by atoms with Crippen LogP contribution in [0.3, 0.4) is 0 Å². The number of carbonyl (C=O) groups excluding carboxylic acids is 1. The minimum absolute atomic E-state index is 0.0154. The second-order valence-electron chi connectivity index (χ2n) is 3.18. The number of rotatable bonds is 4. The molecule has 1 N–H and O–H groups in total. The molecule has 0 aliphatic carbocycles. The van der Waals surface area contributed by atoms with E-state index in [1.807, 2.05) is 13.8 Å². The average molecular weight is 212 g/mol. The molecular formula is C9H12N2O4. The van der Waals surface area contributed by atoms with Crippen LogP contribution >= 0.6 is 0 Å². The Morgan fingerprint density at radius 1 is 1.67 bits per heavy atom. The first-order valence-electron chi connectivity index (χ1n) is 4.59. The van der Waals surface area contributed by atoms with Gasteiger partial charge in [-0.15, -0.1) is 0 Å². The molecule has 0 saturated carbocycles. The molecule has 1 aromatic rings. The SMILES string of the molecule is CCC(C)NC(=O)c1ccc([N+](=O)[O-])o1. The molecule has 0 radical (unpaired) electrons. The van der Waals surface area contributed by atoms with E-state index in [1.54, 1.807) is 0 Å². The van der Waals surface area contributed by atoms with Gasteiger partial charge in [0.25, 0.3) is 5.91 Å². The fraction of sp³-hybridized carbons (Fsp3) is 0.444. The Balaban J connectivity index is 2.70. The van der Waals surface area contributed by atoms with E-state index in [2.05, 4.69) is 5.32 Å². The lowest BCUT2D eigenvalue weighted by atomic mass is 10.2. The zero-order chi connectivity index (χ0) is 11.4. The second kappa shape index (κ2) is 4.59. The van der Waals surface area contributed by atoms with Crippen molar-refractivity contribution in [2.75, 3.05) is 0 Å². The van der Waals surface area contributed by atoms with Gasteiger partial charge >= 0.3 is 5.88 Å². The Hall–Kier alpha value is -1.85. The van der Waals surface area contributed by atoms with E-state index >= 15 is 0 Å². The summed E-state index contributed by atoms with van der Waals surface area (Å²) >= 11 is 0. The Labute approximate surface area is 86.4 Å². The van der Waals surface area contributed by atoms with Crippen molar-refractivity contribution in [3.8, 4) is 0 Å². The number of hydrogen-bond donors (Lipinski definition) is 1. The topological polar surface area (TPSA) is 85.4 Å². The Kier molecular flexibility index (Phi) is 3.43. The molecule has 0 spiro atoms. The van der Waals surface area contributed by atoms with Crippen molar-refractivity contribution >= 4 is 11.8 Å². The summed E-state index contributed by atoms with van der Waals surface area (Å²) in [5.74, 6) is -0.899. The normalized spacial score (nSPS) is 12.1. The van der Waals surface area contributed by atoms with E-state index in [9.17, 15) is 14.9 Å². The molecule has 15 heavy (non-hydrogen) atoms. The van der Waals surface area contributed by atoms with Gasteiger partial charge in [0.2, 0.25) is 0 Å². The highest BCUT2D eigenvalue weighted by atomic mass is 16.6. The van der Waals surface area contributed by atoms with E-state index in [4.69, 9.17) is 4.42 Å². The van der Waals surface area contributed by atoms with Gasteiger partial charge in [-0.2, -0.15) is 0 Å². The van der Waals surface area contributed by atoms with Crippen molar-refractivity contribution in [3.05, 3.63) is 28.0 Å². The van der Waals surface area contributed by atoms with Crippen LogP contribution in [-0.2, 0) is 0 Å². The number of nitrogens with zero attached hydrogens (tertiary/aromatic N) is 1. The van der Waals surface area contributed by atoms with Crippen molar-refractivity contribution in [2.45, 2.75) is 26.3 Å². The Bertz CT molecular complexity index is 372. The van der Waals surface area contributed by atoms with Gasteiger partial charge in [-0.3, -0.25) is 14.9 Å². The van der Waals surface area contributed by atoms with E-state index < -0.39 is 16.7 Å². The van der Waals surface area contributed by atoms with Crippen molar-refractivity contribution in [1.29, 1.82) is 0 Å². The number of amides is 1. The predicted molar refractivity (Wildman–Crippen MR) is 52.6 cm³/mol. The molecule has 1 aromatic heterocycles. The van der Waals surface area contributed by atoms with Gasteiger partial charge in [0.05, 0.1) is 6.07 Å². The molecule has 1 rings (SSSR count). The van der Waals surface area contributed by atoms with Gasteiger partial charge < -0.3 is 9.73 Å². The largest absolute Gasteiger partial charge is 0.433 e. The summed E-state index contributed by atoms with van der Waals surface area (Å²) in [5.41, 5.74) is 0. The molecule has 0 aliphatic heterocycles. The van der Waals surface area contributed by atoms with Gasteiger partial charge in [0, 0.05) is 6.04 Å². The highest BCUT2D eigenvalue weighted by Crippen LogP contribution is 2.15. The second-order valence-corrected chi connectivity index (χ2v) is 3.18. The number of hydrogen-bond acceptors (Lipinski definition) is 4. The highest BCUT2D eigenvalue weighted by molar-refractivity contribution is 5.91. The third kappa shape index (κ3) is 2.80. The van der Waals surface area contributed by atoms with Gasteiger partial charge in [-0.25, -0.2) is 0 Å². The van der Waals surface area contributed by atoms with Crippen molar-refractivity contribution in [3.63, 3.8) is 0 Å². The Morgan fingerprint density at radius 2 is 2.33 bits per heavy atom. The molecular weight excluding hydrogens is 200 g/mol. The minimum Gasteiger partial charge on any atom is -0.395 e. The van der Waals surface area contributed by atoms with Crippen LogP contribution in [0.15, 0.2) is 16.5 Å². The van der Waals surface area contributed by atoms with Crippen molar-refractivity contribution < 1.29 is 14.1 Å². The molecule has 0 aliphatic rings. The van der Waals surface area contributed by atoms with E-state index in [0.717, 1.165) is 12.5 Å². The van der Waals surface area contributed by atoms with Gasteiger partial charge in [-0.1, -0.05) is 6.92 Å². The van der Waals surface area contributed by atoms with E-state index in [-0.39, 0.29) is 11.8 Å². The monoisotopic (exact) mass is 212 g/mol. The van der Waals surface area contributed by atoms with E-state index in [1.165, 1.54) is 6.07 Å². The summed E-state index contributed by atoms with van der Waals surface area (Å²) in [6.45, 7) is 3.77. The van der Waals surface area contributed by atoms with Gasteiger partial charge in [0.15, 0.2) is 5.76 Å². The molecule has 6 nitrogen and oxygen atoms in total. The van der Waals surface area contributed by atoms with Crippen molar-refractivity contribution in [2.24, 2.45) is 0 Å². The average Bonchev–Trinajstić information content (AvgIpc) is 2.66. The zero-order valence-corrected chi connectivity index (χ0v) is 8.52. The first-order valence-corrected chi connectivity index (χ1v) is 4.59. The lowest BCUT2D eigenvalue weighted by Gasteiger charge is -2.08. The molecule has 1 heterocycles. The number of carbonyl (C=O) groups is 1.